The van der Waals surface area contributed by atoms with E-state index in [1.165, 1.54) is 12.1 Å². The van der Waals surface area contributed by atoms with Gasteiger partial charge < -0.3 is 5.32 Å². The van der Waals surface area contributed by atoms with Crippen molar-refractivity contribution in [1.29, 1.82) is 0 Å². The van der Waals surface area contributed by atoms with Gasteiger partial charge in [-0.3, -0.25) is 5.10 Å². The van der Waals surface area contributed by atoms with Crippen LogP contribution in [0.15, 0.2) is 36.5 Å². The molecule has 0 saturated heterocycles. The summed E-state index contributed by atoms with van der Waals surface area (Å²) in [7, 11) is 0. The lowest BCUT2D eigenvalue weighted by atomic mass is 10.1. The van der Waals surface area contributed by atoms with E-state index in [9.17, 15) is 13.2 Å². The van der Waals surface area contributed by atoms with Crippen LogP contribution in [-0.2, 0) is 6.18 Å². The van der Waals surface area contributed by atoms with Gasteiger partial charge in [0.05, 0.1) is 17.3 Å². The van der Waals surface area contributed by atoms with Crippen LogP contribution in [0.25, 0.3) is 0 Å². The summed E-state index contributed by atoms with van der Waals surface area (Å²) in [5.41, 5.74) is 0.121. The molecule has 0 amide bonds. The minimum atomic E-state index is -4.36. The Morgan fingerprint density at radius 1 is 1.22 bits per heavy atom. The highest BCUT2D eigenvalue weighted by Gasteiger charge is 2.33. The minimum absolute atomic E-state index is 0.0621. The van der Waals surface area contributed by atoms with E-state index in [0.717, 1.165) is 11.8 Å². The Bertz CT molecular complexity index is 506. The van der Waals surface area contributed by atoms with Crippen LogP contribution in [0.1, 0.15) is 24.2 Å². The number of hydrogen-bond acceptors (Lipinski definition) is 2. The van der Waals surface area contributed by atoms with Crippen molar-refractivity contribution in [1.82, 2.24) is 10.2 Å². The van der Waals surface area contributed by atoms with E-state index >= 15 is 0 Å². The molecule has 18 heavy (non-hydrogen) atoms. The summed E-state index contributed by atoms with van der Waals surface area (Å²) < 4.78 is 38.3. The molecular formula is C12H12F3N3. The predicted molar refractivity (Wildman–Crippen MR) is 62.1 cm³/mol. The van der Waals surface area contributed by atoms with E-state index < -0.39 is 11.7 Å². The first-order valence-corrected chi connectivity index (χ1v) is 5.40. The van der Waals surface area contributed by atoms with Crippen molar-refractivity contribution < 1.29 is 13.2 Å². The molecular weight excluding hydrogens is 243 g/mol. The molecule has 6 heteroatoms. The quantitative estimate of drug-likeness (QED) is 0.879. The largest absolute Gasteiger partial charge is 0.418 e. The van der Waals surface area contributed by atoms with E-state index in [1.807, 2.05) is 0 Å². The molecule has 0 aliphatic carbocycles. The first-order valence-electron chi connectivity index (χ1n) is 5.40. The Morgan fingerprint density at radius 3 is 2.56 bits per heavy atom. The van der Waals surface area contributed by atoms with Crippen molar-refractivity contribution in [2.45, 2.75) is 19.1 Å². The molecule has 0 aliphatic heterocycles. The lowest BCUT2D eigenvalue weighted by molar-refractivity contribution is -0.137. The number of aromatic amines is 1. The number of alkyl halides is 3. The highest BCUT2D eigenvalue weighted by molar-refractivity contribution is 5.53. The molecule has 2 aromatic rings. The Kier molecular flexibility index (Phi) is 3.27. The van der Waals surface area contributed by atoms with Crippen LogP contribution in [0.2, 0.25) is 0 Å². The summed E-state index contributed by atoms with van der Waals surface area (Å²) in [5, 5.41) is 9.32. The molecule has 0 spiro atoms. The van der Waals surface area contributed by atoms with Crippen molar-refractivity contribution in [3.05, 3.63) is 47.8 Å². The third kappa shape index (κ3) is 2.64. The third-order valence-corrected chi connectivity index (χ3v) is 2.59. The fraction of sp³-hybridized carbons (Fsp3) is 0.250. The first-order chi connectivity index (χ1) is 8.48. The van der Waals surface area contributed by atoms with Gasteiger partial charge in [0, 0.05) is 11.9 Å². The van der Waals surface area contributed by atoms with Gasteiger partial charge in [0.25, 0.3) is 0 Å². The summed E-state index contributed by atoms with van der Waals surface area (Å²) in [6, 6.07) is 6.84. The smallest absolute Gasteiger partial charge is 0.376 e. The average Bonchev–Trinajstić information content (AvgIpc) is 2.81. The Hall–Kier alpha value is -1.98. The molecule has 0 fully saturated rings. The van der Waals surface area contributed by atoms with Gasteiger partial charge in [-0.1, -0.05) is 12.1 Å². The summed E-state index contributed by atoms with van der Waals surface area (Å²) in [6.07, 6.45) is -2.81. The zero-order valence-corrected chi connectivity index (χ0v) is 9.62. The molecule has 2 N–H and O–H groups in total. The van der Waals surface area contributed by atoms with Crippen LogP contribution >= 0.6 is 0 Å². The Labute approximate surface area is 102 Å². The summed E-state index contributed by atoms with van der Waals surface area (Å²) in [5.74, 6) is 0. The van der Waals surface area contributed by atoms with Gasteiger partial charge in [0.1, 0.15) is 0 Å². The van der Waals surface area contributed by atoms with Crippen LogP contribution in [0.5, 0.6) is 0 Å². The maximum atomic E-state index is 12.8. The van der Waals surface area contributed by atoms with Gasteiger partial charge >= 0.3 is 6.18 Å². The number of hydrogen-bond donors (Lipinski definition) is 2. The van der Waals surface area contributed by atoms with Gasteiger partial charge in [-0.2, -0.15) is 18.3 Å². The van der Waals surface area contributed by atoms with Gasteiger partial charge in [0.15, 0.2) is 0 Å². The molecule has 96 valence electrons. The lowest BCUT2D eigenvalue weighted by Crippen LogP contribution is -2.13. The number of nitrogens with one attached hydrogen (secondary N) is 2. The maximum Gasteiger partial charge on any atom is 0.418 e. The molecule has 1 atom stereocenters. The molecule has 3 nitrogen and oxygen atoms in total. The van der Waals surface area contributed by atoms with Crippen molar-refractivity contribution in [3.8, 4) is 0 Å². The summed E-state index contributed by atoms with van der Waals surface area (Å²) >= 11 is 0. The van der Waals surface area contributed by atoms with Crippen molar-refractivity contribution in [2.75, 3.05) is 5.32 Å². The van der Waals surface area contributed by atoms with E-state index in [4.69, 9.17) is 0 Å². The second-order valence-electron chi connectivity index (χ2n) is 3.92. The van der Waals surface area contributed by atoms with E-state index in [0.29, 0.717) is 0 Å². The molecule has 1 unspecified atom stereocenters. The highest BCUT2D eigenvalue weighted by atomic mass is 19.4. The SMILES string of the molecule is CC(Nc1ccccc1C(F)(F)F)c1ccn[nH]1. The molecule has 1 aromatic carbocycles. The Morgan fingerprint density at radius 2 is 1.94 bits per heavy atom. The first kappa shape index (κ1) is 12.5. The third-order valence-electron chi connectivity index (χ3n) is 2.59. The zero-order valence-electron chi connectivity index (χ0n) is 9.62. The van der Waals surface area contributed by atoms with Gasteiger partial charge in [-0.05, 0) is 25.1 Å². The molecule has 0 aliphatic rings. The van der Waals surface area contributed by atoms with Crippen molar-refractivity contribution >= 4 is 5.69 Å². The van der Waals surface area contributed by atoms with Gasteiger partial charge in [-0.15, -0.1) is 0 Å². The van der Waals surface area contributed by atoms with Crippen LogP contribution in [0.4, 0.5) is 18.9 Å². The van der Waals surface area contributed by atoms with Gasteiger partial charge in [0.2, 0.25) is 0 Å². The second-order valence-corrected chi connectivity index (χ2v) is 3.92. The average molecular weight is 255 g/mol. The monoisotopic (exact) mass is 255 g/mol. The van der Waals surface area contributed by atoms with E-state index in [-0.39, 0.29) is 11.7 Å². The number of halogens is 3. The zero-order chi connectivity index (χ0) is 13.2. The van der Waals surface area contributed by atoms with Crippen LogP contribution in [-0.4, -0.2) is 10.2 Å². The lowest BCUT2D eigenvalue weighted by Gasteiger charge is -2.18. The Balaban J connectivity index is 2.24. The standard InChI is InChI=1S/C12H12F3N3/c1-8(10-6-7-16-18-10)17-11-5-3-2-4-9(11)12(13,14)15/h2-8,17H,1H3,(H,16,18). The number of rotatable bonds is 3. The molecule has 0 bridgehead atoms. The second kappa shape index (κ2) is 4.72. The molecule has 2 rings (SSSR count). The number of para-hydroxylation sites is 1. The number of benzene rings is 1. The van der Waals surface area contributed by atoms with Crippen LogP contribution in [0, 0.1) is 0 Å². The van der Waals surface area contributed by atoms with Gasteiger partial charge in [-0.25, -0.2) is 0 Å². The molecule has 1 heterocycles. The van der Waals surface area contributed by atoms with Crippen LogP contribution < -0.4 is 5.32 Å². The number of anilines is 1. The van der Waals surface area contributed by atoms with E-state index in [1.54, 1.807) is 25.3 Å². The van der Waals surface area contributed by atoms with E-state index in [2.05, 4.69) is 15.5 Å². The fourth-order valence-corrected chi connectivity index (χ4v) is 1.67. The summed E-state index contributed by atoms with van der Waals surface area (Å²) in [6.45, 7) is 1.76. The summed E-state index contributed by atoms with van der Waals surface area (Å²) in [4.78, 5) is 0. The number of H-pyrrole nitrogens is 1. The molecule has 0 radical (unpaired) electrons. The topological polar surface area (TPSA) is 40.7 Å². The maximum absolute atomic E-state index is 12.8. The number of aromatic nitrogens is 2. The molecule has 0 saturated carbocycles. The minimum Gasteiger partial charge on any atom is -0.376 e. The highest BCUT2D eigenvalue weighted by Crippen LogP contribution is 2.35. The normalized spacial score (nSPS) is 13.3. The molecule has 1 aromatic heterocycles. The number of nitrogens with zero attached hydrogens (tertiary/aromatic N) is 1. The van der Waals surface area contributed by atoms with Crippen molar-refractivity contribution in [3.63, 3.8) is 0 Å². The fourth-order valence-electron chi connectivity index (χ4n) is 1.67. The van der Waals surface area contributed by atoms with Crippen molar-refractivity contribution in [2.24, 2.45) is 0 Å². The predicted octanol–water partition coefficient (Wildman–Crippen LogP) is 3.60. The van der Waals surface area contributed by atoms with Crippen LogP contribution in [0.3, 0.4) is 0 Å².